The van der Waals surface area contributed by atoms with E-state index in [1.807, 2.05) is 23.9 Å². The molecule has 4 nitrogen and oxygen atoms in total. The van der Waals surface area contributed by atoms with Gasteiger partial charge in [-0.2, -0.15) is 16.9 Å². The molecule has 0 spiro atoms. The highest BCUT2D eigenvalue weighted by Crippen LogP contribution is 2.35. The molecule has 0 amide bonds. The molecule has 2 aromatic rings. The summed E-state index contributed by atoms with van der Waals surface area (Å²) in [6.07, 6.45) is 0. The van der Waals surface area contributed by atoms with Crippen LogP contribution in [0.3, 0.4) is 0 Å². The van der Waals surface area contributed by atoms with Crippen LogP contribution in [0, 0.1) is 0 Å². The van der Waals surface area contributed by atoms with Crippen molar-refractivity contribution in [1.29, 1.82) is 0 Å². The van der Waals surface area contributed by atoms with Crippen molar-refractivity contribution in [1.82, 2.24) is 10.2 Å². The molecule has 3 rings (SSSR count). The summed E-state index contributed by atoms with van der Waals surface area (Å²) in [5.41, 5.74) is 3.08. The third-order valence-electron chi connectivity index (χ3n) is 3.10. The summed E-state index contributed by atoms with van der Waals surface area (Å²) in [7, 11) is 0. The van der Waals surface area contributed by atoms with Crippen LogP contribution in [0.15, 0.2) is 30.3 Å². The molecular weight excluding hydrogens is 248 g/mol. The first kappa shape index (κ1) is 11.3. The fourth-order valence-corrected chi connectivity index (χ4v) is 2.82. The third-order valence-corrected chi connectivity index (χ3v) is 4.38. The average Bonchev–Trinajstić information content (AvgIpc) is 2.76. The Morgan fingerprint density at radius 3 is 2.83 bits per heavy atom. The lowest BCUT2D eigenvalue weighted by Gasteiger charge is -2.25. The highest BCUT2D eigenvalue weighted by atomic mass is 32.2. The van der Waals surface area contributed by atoms with Crippen molar-refractivity contribution in [2.45, 2.75) is 5.92 Å². The SMILES string of the molecule is O=C(O)c1cc(-c2cccc(C3CSC3)c2)n[nH]1. The number of hydrogen-bond acceptors (Lipinski definition) is 3. The molecule has 1 aromatic carbocycles. The molecule has 1 fully saturated rings. The Labute approximate surface area is 108 Å². The van der Waals surface area contributed by atoms with Crippen LogP contribution in [0.4, 0.5) is 0 Å². The normalized spacial score (nSPS) is 15.3. The molecule has 0 atom stereocenters. The number of nitrogens with zero attached hydrogens (tertiary/aromatic N) is 1. The summed E-state index contributed by atoms with van der Waals surface area (Å²) in [6, 6.07) is 9.75. The van der Waals surface area contributed by atoms with Gasteiger partial charge in [0, 0.05) is 23.0 Å². The zero-order valence-electron chi connectivity index (χ0n) is 9.59. The van der Waals surface area contributed by atoms with Crippen LogP contribution >= 0.6 is 11.8 Å². The number of aromatic amines is 1. The first-order valence-electron chi connectivity index (χ1n) is 5.71. The van der Waals surface area contributed by atoms with Gasteiger partial charge in [0.25, 0.3) is 0 Å². The number of nitrogens with one attached hydrogen (secondary N) is 1. The summed E-state index contributed by atoms with van der Waals surface area (Å²) in [5.74, 6) is 1.99. The Morgan fingerprint density at radius 1 is 1.39 bits per heavy atom. The van der Waals surface area contributed by atoms with Gasteiger partial charge in [-0.3, -0.25) is 5.10 Å². The summed E-state index contributed by atoms with van der Waals surface area (Å²) in [6.45, 7) is 0. The second-order valence-electron chi connectivity index (χ2n) is 4.33. The second-order valence-corrected chi connectivity index (χ2v) is 5.41. The van der Waals surface area contributed by atoms with Crippen LogP contribution in [0.5, 0.6) is 0 Å². The van der Waals surface area contributed by atoms with Crippen LogP contribution in [0.25, 0.3) is 11.3 Å². The smallest absolute Gasteiger partial charge is 0.353 e. The molecule has 1 saturated heterocycles. The van der Waals surface area contributed by atoms with Gasteiger partial charge in [0.15, 0.2) is 0 Å². The molecule has 92 valence electrons. The van der Waals surface area contributed by atoms with E-state index in [4.69, 9.17) is 5.11 Å². The predicted octanol–water partition coefficient (Wildman–Crippen LogP) is 2.61. The Kier molecular flexibility index (Phi) is 2.83. The third kappa shape index (κ3) is 2.01. The average molecular weight is 260 g/mol. The number of aromatic nitrogens is 2. The van der Waals surface area contributed by atoms with E-state index in [1.165, 1.54) is 17.1 Å². The van der Waals surface area contributed by atoms with E-state index in [0.29, 0.717) is 11.6 Å². The van der Waals surface area contributed by atoms with Crippen LogP contribution in [0.1, 0.15) is 22.0 Å². The highest BCUT2D eigenvalue weighted by Gasteiger charge is 2.20. The lowest BCUT2D eigenvalue weighted by atomic mass is 9.99. The van der Waals surface area contributed by atoms with Crippen LogP contribution in [0.2, 0.25) is 0 Å². The summed E-state index contributed by atoms with van der Waals surface area (Å²) in [5, 5.41) is 15.4. The number of H-pyrrole nitrogens is 1. The van der Waals surface area contributed by atoms with E-state index < -0.39 is 5.97 Å². The van der Waals surface area contributed by atoms with Gasteiger partial charge in [-0.1, -0.05) is 18.2 Å². The molecule has 18 heavy (non-hydrogen) atoms. The van der Waals surface area contributed by atoms with Crippen molar-refractivity contribution >= 4 is 17.7 Å². The number of carboxylic acid groups (broad SMARTS) is 1. The van der Waals surface area contributed by atoms with E-state index in [1.54, 1.807) is 6.07 Å². The van der Waals surface area contributed by atoms with E-state index in [-0.39, 0.29) is 5.69 Å². The standard InChI is InChI=1S/C13H12N2O2S/c16-13(17)12-5-11(14-15-12)9-3-1-2-8(4-9)10-6-18-7-10/h1-5,10H,6-7H2,(H,14,15)(H,16,17). The zero-order chi connectivity index (χ0) is 12.5. The molecule has 0 saturated carbocycles. The van der Waals surface area contributed by atoms with Crippen molar-refractivity contribution < 1.29 is 9.90 Å². The Bertz CT molecular complexity index is 590. The fraction of sp³-hybridized carbons (Fsp3) is 0.231. The largest absolute Gasteiger partial charge is 0.477 e. The highest BCUT2D eigenvalue weighted by molar-refractivity contribution is 8.00. The van der Waals surface area contributed by atoms with Gasteiger partial charge in [-0.15, -0.1) is 0 Å². The molecule has 2 heterocycles. The van der Waals surface area contributed by atoms with Gasteiger partial charge in [-0.25, -0.2) is 4.79 Å². The number of hydrogen-bond donors (Lipinski definition) is 2. The number of rotatable bonds is 3. The summed E-state index contributed by atoms with van der Waals surface area (Å²) >= 11 is 1.95. The number of thioether (sulfide) groups is 1. The topological polar surface area (TPSA) is 66.0 Å². The predicted molar refractivity (Wildman–Crippen MR) is 71.0 cm³/mol. The molecule has 2 N–H and O–H groups in total. The molecule has 5 heteroatoms. The van der Waals surface area contributed by atoms with Gasteiger partial charge in [0.2, 0.25) is 0 Å². The van der Waals surface area contributed by atoms with Gasteiger partial charge in [0.1, 0.15) is 5.69 Å². The number of aromatic carboxylic acids is 1. The van der Waals surface area contributed by atoms with Crippen LogP contribution in [-0.2, 0) is 0 Å². The van der Waals surface area contributed by atoms with Crippen molar-refractivity contribution in [3.8, 4) is 11.3 Å². The minimum absolute atomic E-state index is 0.120. The maximum absolute atomic E-state index is 10.8. The van der Waals surface area contributed by atoms with Crippen LogP contribution in [-0.4, -0.2) is 32.8 Å². The molecule has 1 aromatic heterocycles. The Balaban J connectivity index is 1.92. The van der Waals surface area contributed by atoms with Gasteiger partial charge in [0.05, 0.1) is 5.69 Å². The number of carbonyl (C=O) groups is 1. The molecule has 0 unspecified atom stereocenters. The summed E-state index contributed by atoms with van der Waals surface area (Å²) in [4.78, 5) is 10.8. The number of benzene rings is 1. The van der Waals surface area contributed by atoms with Crippen molar-refractivity contribution in [2.75, 3.05) is 11.5 Å². The monoisotopic (exact) mass is 260 g/mol. The lowest BCUT2D eigenvalue weighted by Crippen LogP contribution is -2.15. The van der Waals surface area contributed by atoms with Crippen molar-refractivity contribution in [2.24, 2.45) is 0 Å². The minimum atomic E-state index is -0.986. The van der Waals surface area contributed by atoms with E-state index >= 15 is 0 Å². The van der Waals surface area contributed by atoms with Gasteiger partial charge >= 0.3 is 5.97 Å². The molecular formula is C13H12N2O2S. The maximum atomic E-state index is 10.8. The van der Waals surface area contributed by atoms with Gasteiger partial charge in [-0.05, 0) is 17.7 Å². The second kappa shape index (κ2) is 4.49. The fourth-order valence-electron chi connectivity index (χ4n) is 1.96. The van der Waals surface area contributed by atoms with E-state index in [9.17, 15) is 4.79 Å². The molecule has 0 bridgehead atoms. The van der Waals surface area contributed by atoms with Crippen molar-refractivity contribution in [3.63, 3.8) is 0 Å². The zero-order valence-corrected chi connectivity index (χ0v) is 10.4. The minimum Gasteiger partial charge on any atom is -0.477 e. The lowest BCUT2D eigenvalue weighted by molar-refractivity contribution is 0.0690. The quantitative estimate of drug-likeness (QED) is 0.890. The molecule has 0 aliphatic carbocycles. The van der Waals surface area contributed by atoms with Gasteiger partial charge < -0.3 is 5.11 Å². The van der Waals surface area contributed by atoms with E-state index in [0.717, 1.165) is 5.56 Å². The molecule has 0 radical (unpaired) electrons. The molecule has 1 aliphatic heterocycles. The first-order valence-corrected chi connectivity index (χ1v) is 6.86. The first-order chi connectivity index (χ1) is 8.74. The van der Waals surface area contributed by atoms with Crippen molar-refractivity contribution in [3.05, 3.63) is 41.6 Å². The van der Waals surface area contributed by atoms with E-state index in [2.05, 4.69) is 22.3 Å². The molecule has 1 aliphatic rings. The summed E-state index contributed by atoms with van der Waals surface area (Å²) < 4.78 is 0. The maximum Gasteiger partial charge on any atom is 0.353 e. The Morgan fingerprint density at radius 2 is 2.22 bits per heavy atom. The Hall–Kier alpha value is -1.75. The number of carboxylic acids is 1. The van der Waals surface area contributed by atoms with Crippen LogP contribution < -0.4 is 0 Å².